The Morgan fingerprint density at radius 3 is 3.00 bits per heavy atom. The Bertz CT molecular complexity index is 213. The summed E-state index contributed by atoms with van der Waals surface area (Å²) in [5.74, 6) is -0.141. The quantitative estimate of drug-likeness (QED) is 0.448. The van der Waals surface area contributed by atoms with Gasteiger partial charge in [-0.2, -0.15) is 5.26 Å². The van der Waals surface area contributed by atoms with Crippen molar-refractivity contribution in [2.75, 3.05) is 13.1 Å². The van der Waals surface area contributed by atoms with E-state index in [4.69, 9.17) is 5.26 Å². The molecule has 1 amide bonds. The Morgan fingerprint density at radius 1 is 1.83 bits per heavy atom. The van der Waals surface area contributed by atoms with Crippen molar-refractivity contribution in [3.63, 3.8) is 0 Å². The molecule has 1 unspecified atom stereocenters. The number of rotatable bonds is 2. The smallest absolute Gasteiger partial charge is 0.240 e. The van der Waals surface area contributed by atoms with Crippen LogP contribution in [0, 0.1) is 16.9 Å². The van der Waals surface area contributed by atoms with Crippen molar-refractivity contribution >= 4 is 5.91 Å². The highest BCUT2D eigenvalue weighted by atomic mass is 16.2. The maximum absolute atomic E-state index is 11.4. The first kappa shape index (κ1) is 9.01. The number of amides is 1. The van der Waals surface area contributed by atoms with Crippen LogP contribution >= 0.6 is 0 Å². The Labute approximate surface area is 71.9 Å². The monoisotopic (exact) mass is 167 g/mol. The number of carbonyl (C=O) groups is 1. The van der Waals surface area contributed by atoms with Gasteiger partial charge in [-0.25, -0.2) is 0 Å². The molecule has 0 radical (unpaired) electrons. The van der Waals surface area contributed by atoms with Gasteiger partial charge in [-0.3, -0.25) is 10.1 Å². The van der Waals surface area contributed by atoms with Gasteiger partial charge in [0.25, 0.3) is 0 Å². The third-order valence-electron chi connectivity index (χ3n) is 2.57. The molecule has 1 rings (SSSR count). The number of nitriles is 1. The van der Waals surface area contributed by atoms with Crippen molar-refractivity contribution in [1.29, 1.82) is 5.26 Å². The third-order valence-corrected chi connectivity index (χ3v) is 2.57. The second kappa shape index (κ2) is 3.55. The van der Waals surface area contributed by atoms with E-state index in [9.17, 15) is 4.79 Å². The van der Waals surface area contributed by atoms with E-state index in [0.29, 0.717) is 6.54 Å². The minimum Gasteiger partial charge on any atom is -0.316 e. The predicted octanol–water partition coefficient (Wildman–Crippen LogP) is -0.0266. The molecule has 12 heavy (non-hydrogen) atoms. The number of nitrogens with one attached hydrogen (secondary N) is 2. The summed E-state index contributed by atoms with van der Waals surface area (Å²) < 4.78 is 0. The Balaban J connectivity index is 2.67. The van der Waals surface area contributed by atoms with Crippen LogP contribution in [0.4, 0.5) is 0 Å². The molecule has 0 spiro atoms. The van der Waals surface area contributed by atoms with Crippen molar-refractivity contribution in [1.82, 2.24) is 10.6 Å². The van der Waals surface area contributed by atoms with Crippen LogP contribution in [-0.2, 0) is 4.79 Å². The van der Waals surface area contributed by atoms with Gasteiger partial charge < -0.3 is 5.32 Å². The molecule has 1 aliphatic rings. The largest absolute Gasteiger partial charge is 0.316 e. The lowest BCUT2D eigenvalue weighted by atomic mass is 9.83. The van der Waals surface area contributed by atoms with Gasteiger partial charge in [0.15, 0.2) is 6.19 Å². The van der Waals surface area contributed by atoms with E-state index in [1.165, 1.54) is 0 Å². The first-order chi connectivity index (χ1) is 5.75. The van der Waals surface area contributed by atoms with Gasteiger partial charge >= 0.3 is 0 Å². The molecular weight excluding hydrogens is 154 g/mol. The fraction of sp³-hybridized carbons (Fsp3) is 0.750. The van der Waals surface area contributed by atoms with Crippen LogP contribution in [-0.4, -0.2) is 19.0 Å². The van der Waals surface area contributed by atoms with Gasteiger partial charge in [0, 0.05) is 6.54 Å². The van der Waals surface area contributed by atoms with E-state index < -0.39 is 0 Å². The van der Waals surface area contributed by atoms with E-state index in [0.717, 1.165) is 19.4 Å². The van der Waals surface area contributed by atoms with Gasteiger partial charge in [0.05, 0.1) is 5.41 Å². The second-order valence-electron chi connectivity index (χ2n) is 3.13. The zero-order valence-corrected chi connectivity index (χ0v) is 7.18. The average molecular weight is 167 g/mol. The van der Waals surface area contributed by atoms with Crippen LogP contribution < -0.4 is 10.6 Å². The third kappa shape index (κ3) is 1.41. The molecular formula is C8H13N3O. The van der Waals surface area contributed by atoms with Crippen molar-refractivity contribution in [3.05, 3.63) is 0 Å². The Hall–Kier alpha value is -1.08. The summed E-state index contributed by atoms with van der Waals surface area (Å²) in [5.41, 5.74) is -0.338. The van der Waals surface area contributed by atoms with E-state index in [-0.39, 0.29) is 11.3 Å². The average Bonchev–Trinajstić information content (AvgIpc) is 2.54. The molecule has 0 aromatic rings. The number of carbonyl (C=O) groups excluding carboxylic acids is 1. The number of hydrogen-bond donors (Lipinski definition) is 2. The number of nitrogens with zero attached hydrogens (tertiary/aromatic N) is 1. The zero-order valence-electron chi connectivity index (χ0n) is 7.18. The first-order valence-electron chi connectivity index (χ1n) is 4.15. The maximum atomic E-state index is 11.4. The lowest BCUT2D eigenvalue weighted by molar-refractivity contribution is -0.129. The van der Waals surface area contributed by atoms with Gasteiger partial charge in [0.1, 0.15) is 0 Å². The summed E-state index contributed by atoms with van der Waals surface area (Å²) in [6.45, 7) is 3.54. The van der Waals surface area contributed by atoms with Crippen molar-refractivity contribution in [3.8, 4) is 6.19 Å². The van der Waals surface area contributed by atoms with Crippen molar-refractivity contribution in [2.45, 2.75) is 19.8 Å². The normalized spacial score (nSPS) is 28.0. The SMILES string of the molecule is CCC1(C(=O)NC#N)CCNC1. The molecule has 1 aliphatic heterocycles. The van der Waals surface area contributed by atoms with Crippen molar-refractivity contribution in [2.24, 2.45) is 5.41 Å². The van der Waals surface area contributed by atoms with Crippen LogP contribution in [0.5, 0.6) is 0 Å². The van der Waals surface area contributed by atoms with E-state index in [1.54, 1.807) is 6.19 Å². The molecule has 66 valence electrons. The molecule has 0 aromatic heterocycles. The lowest BCUT2D eigenvalue weighted by Gasteiger charge is -2.22. The predicted molar refractivity (Wildman–Crippen MR) is 44.0 cm³/mol. The van der Waals surface area contributed by atoms with Gasteiger partial charge in [-0.1, -0.05) is 6.92 Å². The highest BCUT2D eigenvalue weighted by Crippen LogP contribution is 2.29. The van der Waals surface area contributed by atoms with Crippen LogP contribution in [0.3, 0.4) is 0 Å². The fourth-order valence-corrected chi connectivity index (χ4v) is 1.58. The molecule has 1 atom stereocenters. The standard InChI is InChI=1S/C8H13N3O/c1-2-8(3-4-10-5-8)7(12)11-6-9/h10H,2-5H2,1H3,(H,11,12). The maximum Gasteiger partial charge on any atom is 0.240 e. The molecule has 0 aliphatic carbocycles. The van der Waals surface area contributed by atoms with Crippen molar-refractivity contribution < 1.29 is 4.79 Å². The molecule has 4 nitrogen and oxygen atoms in total. The molecule has 1 heterocycles. The Kier molecular flexibility index (Phi) is 2.66. The molecule has 1 saturated heterocycles. The fourth-order valence-electron chi connectivity index (χ4n) is 1.58. The minimum atomic E-state index is -0.338. The number of hydrogen-bond acceptors (Lipinski definition) is 3. The van der Waals surface area contributed by atoms with Crippen LogP contribution in [0.15, 0.2) is 0 Å². The van der Waals surface area contributed by atoms with E-state index in [2.05, 4.69) is 10.6 Å². The topological polar surface area (TPSA) is 64.9 Å². The second-order valence-corrected chi connectivity index (χ2v) is 3.13. The molecule has 2 N–H and O–H groups in total. The minimum absolute atomic E-state index is 0.141. The summed E-state index contributed by atoms with van der Waals surface area (Å²) in [6.07, 6.45) is 3.29. The van der Waals surface area contributed by atoms with Crippen LogP contribution in [0.25, 0.3) is 0 Å². The van der Waals surface area contributed by atoms with E-state index >= 15 is 0 Å². The molecule has 0 bridgehead atoms. The zero-order chi connectivity index (χ0) is 9.03. The van der Waals surface area contributed by atoms with Crippen LogP contribution in [0.2, 0.25) is 0 Å². The van der Waals surface area contributed by atoms with E-state index in [1.807, 2.05) is 6.92 Å². The molecule has 0 saturated carbocycles. The summed E-state index contributed by atoms with van der Waals surface area (Å²) in [4.78, 5) is 11.4. The van der Waals surface area contributed by atoms with Gasteiger partial charge in [-0.05, 0) is 19.4 Å². The van der Waals surface area contributed by atoms with Gasteiger partial charge in [-0.15, -0.1) is 0 Å². The first-order valence-corrected chi connectivity index (χ1v) is 4.15. The van der Waals surface area contributed by atoms with Crippen LogP contribution in [0.1, 0.15) is 19.8 Å². The summed E-state index contributed by atoms with van der Waals surface area (Å²) in [6, 6.07) is 0. The summed E-state index contributed by atoms with van der Waals surface area (Å²) in [7, 11) is 0. The summed E-state index contributed by atoms with van der Waals surface area (Å²) >= 11 is 0. The van der Waals surface area contributed by atoms with Gasteiger partial charge in [0.2, 0.25) is 5.91 Å². The molecule has 0 aromatic carbocycles. The Morgan fingerprint density at radius 2 is 2.58 bits per heavy atom. The lowest BCUT2D eigenvalue weighted by Crippen LogP contribution is -2.40. The molecule has 1 fully saturated rings. The highest BCUT2D eigenvalue weighted by molar-refractivity contribution is 5.84. The molecule has 4 heteroatoms. The highest BCUT2D eigenvalue weighted by Gasteiger charge is 2.39. The summed E-state index contributed by atoms with van der Waals surface area (Å²) in [5, 5.41) is 13.6.